The van der Waals surface area contributed by atoms with Gasteiger partial charge in [0.2, 0.25) is 26.0 Å². The van der Waals surface area contributed by atoms with Crippen LogP contribution in [-0.2, 0) is 24.8 Å². The van der Waals surface area contributed by atoms with Crippen molar-refractivity contribution >= 4 is 31.6 Å². The molecule has 3 rings (SSSR count). The molecular formula is C21H28N4O5S2. The van der Waals surface area contributed by atoms with Gasteiger partial charge in [0.25, 0.3) is 0 Å². The average molecular weight is 481 g/mol. The first kappa shape index (κ1) is 24.3. The fourth-order valence-corrected chi connectivity index (χ4v) is 5.32. The number of sulfonamides is 2. The van der Waals surface area contributed by atoms with Crippen LogP contribution >= 0.6 is 0 Å². The minimum absolute atomic E-state index is 0.0748. The van der Waals surface area contributed by atoms with E-state index in [9.17, 15) is 21.6 Å². The van der Waals surface area contributed by atoms with Crippen LogP contribution in [0.25, 0.3) is 0 Å². The number of likely N-dealkylation sites (tertiary alicyclic amines) is 1. The first-order valence-electron chi connectivity index (χ1n) is 10.2. The first-order valence-corrected chi connectivity index (χ1v) is 13.3. The second-order valence-electron chi connectivity index (χ2n) is 8.03. The Morgan fingerprint density at radius 1 is 1.09 bits per heavy atom. The maximum absolute atomic E-state index is 12.5. The van der Waals surface area contributed by atoms with Crippen molar-refractivity contribution in [3.8, 4) is 0 Å². The topological polar surface area (TPSA) is 139 Å². The van der Waals surface area contributed by atoms with Gasteiger partial charge in [-0.2, -0.15) is 0 Å². The lowest BCUT2D eigenvalue weighted by Crippen LogP contribution is -2.43. The van der Waals surface area contributed by atoms with Gasteiger partial charge in [-0.3, -0.25) is 9.69 Å². The predicted molar refractivity (Wildman–Crippen MR) is 122 cm³/mol. The van der Waals surface area contributed by atoms with Crippen molar-refractivity contribution in [1.82, 2.24) is 9.62 Å². The summed E-state index contributed by atoms with van der Waals surface area (Å²) in [7, 11) is -7.44. The number of anilines is 1. The largest absolute Gasteiger partial charge is 0.325 e. The first-order chi connectivity index (χ1) is 15.0. The number of rotatable bonds is 8. The molecule has 0 aromatic heterocycles. The van der Waals surface area contributed by atoms with E-state index in [1.807, 2.05) is 11.8 Å². The molecule has 4 N–H and O–H groups in total. The van der Waals surface area contributed by atoms with Gasteiger partial charge in [-0.15, -0.1) is 0 Å². The standard InChI is InChI=1S/C21H28N4O5S2/c1-16-7-9-19(10-8-16)32(29,30)23-13-17-4-3-11-25(14-17)15-21(26)24-18-5-2-6-20(12-18)31(22,27)28/h2,5-10,12,17,23H,3-4,11,13-15H2,1H3,(H,24,26)(H2,22,27,28). The van der Waals surface area contributed by atoms with E-state index in [0.29, 0.717) is 18.8 Å². The summed E-state index contributed by atoms with van der Waals surface area (Å²) in [5.41, 5.74) is 1.34. The molecule has 9 nitrogen and oxygen atoms in total. The quantitative estimate of drug-likeness (QED) is 0.520. The van der Waals surface area contributed by atoms with Gasteiger partial charge in [0.05, 0.1) is 16.3 Å². The van der Waals surface area contributed by atoms with Crippen molar-refractivity contribution in [1.29, 1.82) is 0 Å². The summed E-state index contributed by atoms with van der Waals surface area (Å²) < 4.78 is 50.6. The molecule has 2 aromatic rings. The number of hydrogen-bond donors (Lipinski definition) is 3. The number of carbonyl (C=O) groups excluding carboxylic acids is 1. The van der Waals surface area contributed by atoms with E-state index in [0.717, 1.165) is 24.9 Å². The lowest BCUT2D eigenvalue weighted by atomic mass is 9.98. The van der Waals surface area contributed by atoms with Gasteiger partial charge in [0.1, 0.15) is 0 Å². The number of carbonyl (C=O) groups is 1. The highest BCUT2D eigenvalue weighted by Gasteiger charge is 2.24. The molecule has 0 bridgehead atoms. The number of hydrogen-bond acceptors (Lipinski definition) is 6. The summed E-state index contributed by atoms with van der Waals surface area (Å²) in [6.07, 6.45) is 1.72. The van der Waals surface area contributed by atoms with Gasteiger partial charge in [-0.05, 0) is 62.6 Å². The minimum atomic E-state index is -3.85. The minimum Gasteiger partial charge on any atom is -0.325 e. The van der Waals surface area contributed by atoms with Crippen LogP contribution in [0.5, 0.6) is 0 Å². The molecule has 11 heteroatoms. The zero-order chi connectivity index (χ0) is 23.4. The summed E-state index contributed by atoms with van der Waals surface area (Å²) in [4.78, 5) is 14.6. The number of nitrogens with two attached hydrogens (primary N) is 1. The molecule has 174 valence electrons. The Labute approximate surface area is 189 Å². The summed E-state index contributed by atoms with van der Waals surface area (Å²) in [5, 5.41) is 7.81. The zero-order valence-corrected chi connectivity index (χ0v) is 19.5. The molecule has 0 radical (unpaired) electrons. The molecule has 1 amide bonds. The fourth-order valence-electron chi connectivity index (χ4n) is 3.64. The van der Waals surface area contributed by atoms with Crippen molar-refractivity contribution in [2.24, 2.45) is 11.1 Å². The van der Waals surface area contributed by atoms with Gasteiger partial charge in [-0.25, -0.2) is 26.7 Å². The summed E-state index contributed by atoms with van der Waals surface area (Å²) in [5.74, 6) is -0.195. The number of nitrogens with one attached hydrogen (secondary N) is 2. The molecule has 2 aromatic carbocycles. The van der Waals surface area contributed by atoms with Crippen LogP contribution in [0.4, 0.5) is 5.69 Å². The van der Waals surface area contributed by atoms with Crippen molar-refractivity contribution in [3.05, 3.63) is 54.1 Å². The maximum Gasteiger partial charge on any atom is 0.240 e. The molecule has 32 heavy (non-hydrogen) atoms. The van der Waals surface area contributed by atoms with Crippen LogP contribution in [0.2, 0.25) is 0 Å². The molecule has 1 fully saturated rings. The lowest BCUT2D eigenvalue weighted by molar-refractivity contribution is -0.117. The molecule has 0 spiro atoms. The Kier molecular flexibility index (Phi) is 7.67. The highest BCUT2D eigenvalue weighted by atomic mass is 32.2. The molecule has 1 atom stereocenters. The van der Waals surface area contributed by atoms with Crippen LogP contribution < -0.4 is 15.2 Å². The number of primary sulfonamides is 1. The third kappa shape index (κ3) is 6.84. The second-order valence-corrected chi connectivity index (χ2v) is 11.4. The van der Waals surface area contributed by atoms with E-state index in [1.165, 1.54) is 18.2 Å². The van der Waals surface area contributed by atoms with Crippen LogP contribution in [0, 0.1) is 12.8 Å². The van der Waals surface area contributed by atoms with E-state index in [4.69, 9.17) is 5.14 Å². The van der Waals surface area contributed by atoms with Crippen molar-refractivity contribution < 1.29 is 21.6 Å². The Hall–Kier alpha value is -2.31. The Morgan fingerprint density at radius 3 is 2.50 bits per heavy atom. The van der Waals surface area contributed by atoms with Gasteiger partial charge in [0.15, 0.2) is 0 Å². The monoisotopic (exact) mass is 480 g/mol. The number of benzene rings is 2. The lowest BCUT2D eigenvalue weighted by Gasteiger charge is -2.32. The molecule has 1 unspecified atom stereocenters. The van der Waals surface area contributed by atoms with E-state index < -0.39 is 20.0 Å². The summed E-state index contributed by atoms with van der Waals surface area (Å²) in [6.45, 7) is 3.63. The smallest absolute Gasteiger partial charge is 0.240 e. The zero-order valence-electron chi connectivity index (χ0n) is 17.8. The average Bonchev–Trinajstić information content (AvgIpc) is 2.72. The third-order valence-corrected chi connectivity index (χ3v) is 7.66. The summed E-state index contributed by atoms with van der Waals surface area (Å²) in [6, 6.07) is 12.4. The van der Waals surface area contributed by atoms with E-state index in [2.05, 4.69) is 10.0 Å². The molecule has 1 aliphatic rings. The maximum atomic E-state index is 12.5. The Balaban J connectivity index is 1.52. The second kappa shape index (κ2) is 10.1. The van der Waals surface area contributed by atoms with Crippen LogP contribution in [-0.4, -0.2) is 53.8 Å². The highest BCUT2D eigenvalue weighted by Crippen LogP contribution is 2.18. The van der Waals surface area contributed by atoms with Crippen molar-refractivity contribution in [2.75, 3.05) is 31.5 Å². The molecule has 1 saturated heterocycles. The van der Waals surface area contributed by atoms with Gasteiger partial charge >= 0.3 is 0 Å². The molecule has 0 saturated carbocycles. The van der Waals surface area contributed by atoms with Gasteiger partial charge in [-0.1, -0.05) is 23.8 Å². The number of nitrogens with zero attached hydrogens (tertiary/aromatic N) is 1. The van der Waals surface area contributed by atoms with Gasteiger partial charge < -0.3 is 5.32 Å². The summed E-state index contributed by atoms with van der Waals surface area (Å²) >= 11 is 0. The molecule has 1 heterocycles. The molecule has 0 aliphatic carbocycles. The number of aryl methyl sites for hydroxylation is 1. The highest BCUT2D eigenvalue weighted by molar-refractivity contribution is 7.89. The Morgan fingerprint density at radius 2 is 1.81 bits per heavy atom. The SMILES string of the molecule is Cc1ccc(S(=O)(=O)NCC2CCCN(CC(=O)Nc3cccc(S(N)(=O)=O)c3)C2)cc1. The number of piperidine rings is 1. The van der Waals surface area contributed by atoms with Gasteiger partial charge in [0, 0.05) is 18.8 Å². The predicted octanol–water partition coefficient (Wildman–Crippen LogP) is 1.27. The van der Waals surface area contributed by atoms with Crippen LogP contribution in [0.3, 0.4) is 0 Å². The molecule has 1 aliphatic heterocycles. The molecular weight excluding hydrogens is 452 g/mol. The van der Waals surface area contributed by atoms with E-state index in [1.54, 1.807) is 30.3 Å². The number of amides is 1. The normalized spacial score (nSPS) is 17.8. The van der Waals surface area contributed by atoms with Crippen LogP contribution in [0.15, 0.2) is 58.3 Å². The van der Waals surface area contributed by atoms with Crippen molar-refractivity contribution in [3.63, 3.8) is 0 Å². The fraction of sp³-hybridized carbons (Fsp3) is 0.381. The van der Waals surface area contributed by atoms with E-state index >= 15 is 0 Å². The van der Waals surface area contributed by atoms with Crippen molar-refractivity contribution in [2.45, 2.75) is 29.6 Å². The third-order valence-electron chi connectivity index (χ3n) is 5.31. The van der Waals surface area contributed by atoms with E-state index in [-0.39, 0.29) is 28.2 Å². The van der Waals surface area contributed by atoms with Crippen LogP contribution in [0.1, 0.15) is 18.4 Å². The Bertz CT molecular complexity index is 1160.